The molecule has 0 aromatic heterocycles. The number of benzene rings is 4. The molecule has 4 rings (SSSR count). The monoisotopic (exact) mass is 624 g/mol. The molecule has 226 valence electrons. The van der Waals surface area contributed by atoms with Crippen molar-refractivity contribution in [2.45, 2.75) is 50.8 Å². The van der Waals surface area contributed by atoms with E-state index in [9.17, 15) is 17.8 Å². The number of aryl methyl sites for hydroxylation is 5. The summed E-state index contributed by atoms with van der Waals surface area (Å²) in [5.41, 5.74) is 6.85. The van der Waals surface area contributed by atoms with Crippen molar-refractivity contribution < 1.29 is 41.9 Å². The van der Waals surface area contributed by atoms with Gasteiger partial charge in [0.15, 0.2) is 5.78 Å². The minimum absolute atomic E-state index is 0.0213. The SMILES string of the molecule is COc1c(C)cc(Cc2cc(C)c(Oc3ccc(C(=O)c4ccc(C)c(SOOO)c4)cc3S(=O)(=O)O)c(C)c2)cc1C. The van der Waals surface area contributed by atoms with Gasteiger partial charge >= 0.3 is 0 Å². The number of ketones is 1. The van der Waals surface area contributed by atoms with Gasteiger partial charge in [-0.25, -0.2) is 5.26 Å². The highest BCUT2D eigenvalue weighted by molar-refractivity contribution is 7.94. The van der Waals surface area contributed by atoms with E-state index in [1.165, 1.54) is 18.2 Å². The van der Waals surface area contributed by atoms with E-state index in [4.69, 9.17) is 14.7 Å². The molecule has 43 heavy (non-hydrogen) atoms. The lowest BCUT2D eigenvalue weighted by Gasteiger charge is -2.17. The zero-order chi connectivity index (χ0) is 31.5. The van der Waals surface area contributed by atoms with E-state index in [1.807, 2.05) is 39.8 Å². The summed E-state index contributed by atoms with van der Waals surface area (Å²) >= 11 is 0.706. The van der Waals surface area contributed by atoms with Gasteiger partial charge in [-0.3, -0.25) is 9.35 Å². The molecule has 0 fully saturated rings. The molecule has 2 N–H and O–H groups in total. The number of rotatable bonds is 11. The van der Waals surface area contributed by atoms with E-state index in [2.05, 4.69) is 21.5 Å². The summed E-state index contributed by atoms with van der Waals surface area (Å²) in [6.45, 7) is 9.52. The fourth-order valence-corrected chi connectivity index (χ4v) is 6.22. The molecule has 0 aliphatic rings. The van der Waals surface area contributed by atoms with Crippen LogP contribution in [0.3, 0.4) is 0 Å². The van der Waals surface area contributed by atoms with Crippen molar-refractivity contribution in [3.8, 4) is 17.2 Å². The highest BCUT2D eigenvalue weighted by Gasteiger charge is 2.23. The molecule has 0 radical (unpaired) electrons. The Bertz CT molecular complexity index is 1750. The standard InChI is InChI=1S/C32H32O9S2/c1-18-7-8-25(16-28(18)42-41-40-34)30(33)26-9-10-27(29(17-26)43(35,36)37)39-32-21(4)13-24(14-22(32)5)15-23-11-19(2)31(38-6)20(3)12-23/h7-14,16-17,34H,15H2,1-6H3,(H,35,36,37). The number of hydrogen-bond acceptors (Lipinski definition) is 9. The minimum atomic E-state index is -4.76. The van der Waals surface area contributed by atoms with Crippen molar-refractivity contribution in [1.29, 1.82) is 0 Å². The maximum atomic E-state index is 13.3. The quantitative estimate of drug-likeness (QED) is 0.0568. The van der Waals surface area contributed by atoms with Gasteiger partial charge in [0.2, 0.25) is 0 Å². The van der Waals surface area contributed by atoms with Gasteiger partial charge in [-0.1, -0.05) is 41.4 Å². The first-order chi connectivity index (χ1) is 20.3. The first kappa shape index (κ1) is 32.2. The van der Waals surface area contributed by atoms with Crippen LogP contribution in [0.25, 0.3) is 0 Å². The second-order valence-electron chi connectivity index (χ2n) is 10.3. The van der Waals surface area contributed by atoms with Crippen LogP contribution in [-0.4, -0.2) is 31.1 Å². The highest BCUT2D eigenvalue weighted by atomic mass is 32.2. The maximum absolute atomic E-state index is 13.3. The van der Waals surface area contributed by atoms with E-state index < -0.39 is 20.8 Å². The molecule has 9 nitrogen and oxygen atoms in total. The van der Waals surface area contributed by atoms with E-state index in [-0.39, 0.29) is 16.9 Å². The number of hydrogen-bond donors (Lipinski definition) is 2. The van der Waals surface area contributed by atoms with Crippen molar-refractivity contribution in [3.63, 3.8) is 0 Å². The summed E-state index contributed by atoms with van der Waals surface area (Å²) in [7, 11) is -3.10. The molecule has 0 unspecified atom stereocenters. The van der Waals surface area contributed by atoms with Gasteiger partial charge in [0.05, 0.1) is 19.2 Å². The zero-order valence-corrected chi connectivity index (χ0v) is 26.2. The van der Waals surface area contributed by atoms with Gasteiger partial charge in [0, 0.05) is 16.0 Å². The molecule has 4 aromatic carbocycles. The molecule has 0 saturated heterocycles. The molecular formula is C32H32O9S2. The Morgan fingerprint density at radius 3 is 1.84 bits per heavy atom. The molecule has 11 heteroatoms. The summed E-state index contributed by atoms with van der Waals surface area (Å²) in [5, 5.41) is 12.1. The van der Waals surface area contributed by atoms with Crippen molar-refractivity contribution in [2.24, 2.45) is 0 Å². The Morgan fingerprint density at radius 2 is 1.30 bits per heavy atom. The summed E-state index contributed by atoms with van der Waals surface area (Å²) in [6, 6.07) is 16.7. The molecule has 0 aliphatic heterocycles. The van der Waals surface area contributed by atoms with Crippen molar-refractivity contribution in [1.82, 2.24) is 0 Å². The topological polar surface area (TPSA) is 129 Å². The Labute approximate surface area is 255 Å². The van der Waals surface area contributed by atoms with Gasteiger partial charge in [-0.15, -0.1) is 4.33 Å². The molecular weight excluding hydrogens is 592 g/mol. The fraction of sp³-hybridized carbons (Fsp3) is 0.219. The highest BCUT2D eigenvalue weighted by Crippen LogP contribution is 2.36. The zero-order valence-electron chi connectivity index (χ0n) is 24.5. The van der Waals surface area contributed by atoms with Crippen LogP contribution >= 0.6 is 12.0 Å². The summed E-state index contributed by atoms with van der Waals surface area (Å²) in [5.74, 6) is 0.700. The van der Waals surface area contributed by atoms with Crippen molar-refractivity contribution in [3.05, 3.63) is 111 Å². The van der Waals surface area contributed by atoms with Gasteiger partial charge in [0.25, 0.3) is 10.1 Å². The third-order valence-electron chi connectivity index (χ3n) is 6.95. The molecule has 0 saturated carbocycles. The second-order valence-corrected chi connectivity index (χ2v) is 12.4. The van der Waals surface area contributed by atoms with E-state index in [1.54, 1.807) is 26.2 Å². The predicted octanol–water partition coefficient (Wildman–Crippen LogP) is 7.53. The molecule has 0 spiro atoms. The van der Waals surface area contributed by atoms with Gasteiger partial charge < -0.3 is 9.47 Å². The first-order valence-corrected chi connectivity index (χ1v) is 15.3. The summed E-state index contributed by atoms with van der Waals surface area (Å²) in [4.78, 5) is 13.2. The second kappa shape index (κ2) is 13.3. The van der Waals surface area contributed by atoms with Crippen LogP contribution in [0, 0.1) is 34.6 Å². The lowest BCUT2D eigenvalue weighted by atomic mass is 9.97. The van der Waals surface area contributed by atoms with Crippen LogP contribution in [0.1, 0.15) is 54.9 Å². The van der Waals surface area contributed by atoms with Crippen LogP contribution in [0.4, 0.5) is 0 Å². The van der Waals surface area contributed by atoms with E-state index in [0.29, 0.717) is 29.1 Å². The molecule has 0 amide bonds. The predicted molar refractivity (Wildman–Crippen MR) is 163 cm³/mol. The van der Waals surface area contributed by atoms with Crippen LogP contribution in [-0.2, 0) is 25.9 Å². The Hall–Kier alpha value is -3.71. The van der Waals surface area contributed by atoms with E-state index >= 15 is 0 Å². The smallest absolute Gasteiger partial charge is 0.298 e. The molecule has 0 aliphatic carbocycles. The van der Waals surface area contributed by atoms with Crippen molar-refractivity contribution in [2.75, 3.05) is 7.11 Å². The minimum Gasteiger partial charge on any atom is -0.496 e. The average molecular weight is 625 g/mol. The lowest BCUT2D eigenvalue weighted by Crippen LogP contribution is -2.07. The third kappa shape index (κ3) is 7.45. The number of methoxy groups -OCH3 is 1. The number of carbonyl (C=O) groups is 1. The average Bonchev–Trinajstić information content (AvgIpc) is 2.93. The normalized spacial score (nSPS) is 11.4. The lowest BCUT2D eigenvalue weighted by molar-refractivity contribution is -0.432. The van der Waals surface area contributed by atoms with E-state index in [0.717, 1.165) is 50.8 Å². The molecule has 0 heterocycles. The van der Waals surface area contributed by atoms with Crippen molar-refractivity contribution >= 4 is 27.9 Å². The number of carbonyl (C=O) groups excluding carboxylic acids is 1. The molecule has 0 bridgehead atoms. The largest absolute Gasteiger partial charge is 0.496 e. The number of ether oxygens (including phenoxy) is 2. The maximum Gasteiger partial charge on any atom is 0.298 e. The Balaban J connectivity index is 1.64. The first-order valence-electron chi connectivity index (χ1n) is 13.2. The molecule has 0 atom stereocenters. The fourth-order valence-electron chi connectivity index (χ4n) is 5.10. The Morgan fingerprint density at radius 1 is 0.767 bits per heavy atom. The van der Waals surface area contributed by atoms with Crippen LogP contribution in [0.5, 0.6) is 17.2 Å². The summed E-state index contributed by atoms with van der Waals surface area (Å²) in [6.07, 6.45) is 0.680. The van der Waals surface area contributed by atoms with Crippen LogP contribution in [0.2, 0.25) is 0 Å². The van der Waals surface area contributed by atoms with Gasteiger partial charge in [-0.05, 0) is 104 Å². The van der Waals surface area contributed by atoms with Gasteiger partial charge in [0.1, 0.15) is 22.1 Å². The van der Waals surface area contributed by atoms with Crippen LogP contribution < -0.4 is 9.47 Å². The molecule has 4 aromatic rings. The summed E-state index contributed by atoms with van der Waals surface area (Å²) < 4.78 is 50.9. The van der Waals surface area contributed by atoms with Crippen LogP contribution in [0.15, 0.2) is 70.5 Å². The Kier molecular flexibility index (Phi) is 9.96. The van der Waals surface area contributed by atoms with Gasteiger partial charge in [-0.2, -0.15) is 8.42 Å². The third-order valence-corrected chi connectivity index (χ3v) is 8.58.